The first kappa shape index (κ1) is 17.5. The smallest absolute Gasteiger partial charge is 0.302 e. The third kappa shape index (κ3) is 6.24. The first-order valence-corrected chi connectivity index (χ1v) is 10.3. The van der Waals surface area contributed by atoms with Crippen LogP contribution in [0.25, 0.3) is 0 Å². The number of hydrogen-bond acceptors (Lipinski definition) is 3. The predicted molar refractivity (Wildman–Crippen MR) is 94.7 cm³/mol. The van der Waals surface area contributed by atoms with Crippen molar-refractivity contribution in [3.8, 4) is 0 Å². The fourth-order valence-electron chi connectivity index (χ4n) is 1.37. The third-order valence-corrected chi connectivity index (χ3v) is 4.54. The summed E-state index contributed by atoms with van der Waals surface area (Å²) in [5.74, 6) is 0.616. The highest BCUT2D eigenvalue weighted by Gasteiger charge is 2.09. The fraction of sp³-hybridized carbons (Fsp3) is 0.429. The van der Waals surface area contributed by atoms with Crippen molar-refractivity contribution in [1.82, 2.24) is 5.32 Å². The van der Waals surface area contributed by atoms with Gasteiger partial charge in [0.25, 0.3) is 0 Å². The van der Waals surface area contributed by atoms with Crippen molar-refractivity contribution in [2.75, 3.05) is 24.6 Å². The number of rotatable bonds is 5. The number of carbonyl (C=O) groups excluding carboxylic acids is 1. The predicted octanol–water partition coefficient (Wildman–Crippen LogP) is 3.43. The van der Waals surface area contributed by atoms with Gasteiger partial charge in [-0.25, -0.2) is 10.0 Å². The Morgan fingerprint density at radius 1 is 1.40 bits per heavy atom. The van der Waals surface area contributed by atoms with Gasteiger partial charge in [-0.3, -0.25) is 4.79 Å². The van der Waals surface area contributed by atoms with Crippen LogP contribution in [0.4, 0.5) is 0 Å². The molecule has 1 aromatic carbocycles. The molecule has 0 fully saturated rings. The topological polar surface area (TPSA) is 38.3 Å². The van der Waals surface area contributed by atoms with Crippen LogP contribution < -0.4 is 5.32 Å². The fourth-order valence-corrected chi connectivity index (χ4v) is 2.73. The monoisotopic (exact) mass is 377 g/mol. The van der Waals surface area contributed by atoms with Gasteiger partial charge in [0.05, 0.1) is 0 Å². The van der Waals surface area contributed by atoms with Crippen molar-refractivity contribution in [2.45, 2.75) is 13.5 Å². The summed E-state index contributed by atoms with van der Waals surface area (Å²) in [5, 5.41) is 3.30. The van der Waals surface area contributed by atoms with Gasteiger partial charge in [-0.2, -0.15) is 0 Å². The zero-order valence-corrected chi connectivity index (χ0v) is 15.4. The number of esters is 1. The number of halogens is 1. The Morgan fingerprint density at radius 2 is 2.05 bits per heavy atom. The molecule has 112 valence electrons. The lowest BCUT2D eigenvalue weighted by Crippen LogP contribution is -2.26. The molecular weight excluding hydrogens is 358 g/mol. The average molecular weight is 378 g/mol. The molecule has 0 heterocycles. The van der Waals surface area contributed by atoms with Crippen molar-refractivity contribution < 1.29 is 9.53 Å². The first-order valence-electron chi connectivity index (χ1n) is 6.05. The van der Waals surface area contributed by atoms with Crippen LogP contribution in [0.2, 0.25) is 0 Å². The lowest BCUT2D eigenvalue weighted by molar-refractivity contribution is -0.142. The maximum Gasteiger partial charge on any atom is 0.302 e. The number of carbonyl (C=O) groups is 1. The summed E-state index contributed by atoms with van der Waals surface area (Å²) >= 11 is 8.88. The third-order valence-electron chi connectivity index (χ3n) is 2.41. The second-order valence-electron chi connectivity index (χ2n) is 5.33. The lowest BCUT2D eigenvalue weighted by Gasteiger charge is -2.26. The van der Waals surface area contributed by atoms with Gasteiger partial charge in [0.15, 0.2) is 0 Å². The van der Waals surface area contributed by atoms with Crippen LogP contribution >= 0.6 is 38.2 Å². The SMILES string of the molecule is CC(=O)OCc1ccc(C(=S)NCS(C)(C)C)cc1Br. The molecule has 0 saturated carbocycles. The largest absolute Gasteiger partial charge is 0.461 e. The number of thiocarbonyl (C=S) groups is 1. The number of nitrogens with one attached hydrogen (secondary N) is 1. The van der Waals surface area contributed by atoms with Crippen molar-refractivity contribution in [3.63, 3.8) is 0 Å². The molecule has 0 aliphatic carbocycles. The molecule has 1 rings (SSSR count). The molecule has 6 heteroatoms. The minimum Gasteiger partial charge on any atom is -0.461 e. The van der Waals surface area contributed by atoms with E-state index in [-0.39, 0.29) is 12.6 Å². The summed E-state index contributed by atoms with van der Waals surface area (Å²) in [4.78, 5) is 11.6. The maximum absolute atomic E-state index is 10.8. The number of benzene rings is 1. The Bertz CT molecular complexity index is 512. The number of ether oxygens (including phenoxy) is 1. The molecule has 0 unspecified atom stereocenters. The van der Waals surface area contributed by atoms with E-state index >= 15 is 0 Å². The van der Waals surface area contributed by atoms with Crippen LogP contribution in [-0.4, -0.2) is 35.6 Å². The Kier molecular flexibility index (Phi) is 6.48. The van der Waals surface area contributed by atoms with E-state index in [9.17, 15) is 4.79 Å². The molecule has 0 radical (unpaired) electrons. The highest BCUT2D eigenvalue weighted by molar-refractivity contribution is 9.10. The molecule has 1 aromatic rings. The summed E-state index contributed by atoms with van der Waals surface area (Å²) in [6.45, 7) is 1.67. The van der Waals surface area contributed by atoms with Crippen LogP contribution in [0.3, 0.4) is 0 Å². The van der Waals surface area contributed by atoms with Gasteiger partial charge in [-0.1, -0.05) is 40.3 Å². The van der Waals surface area contributed by atoms with Gasteiger partial charge in [0, 0.05) is 28.4 Å². The van der Waals surface area contributed by atoms with E-state index in [1.807, 2.05) is 18.2 Å². The zero-order valence-electron chi connectivity index (χ0n) is 12.2. The minimum absolute atomic E-state index is 0.266. The van der Waals surface area contributed by atoms with Crippen molar-refractivity contribution in [1.29, 1.82) is 0 Å². The molecule has 1 N–H and O–H groups in total. The molecule has 0 saturated heterocycles. The molecule has 0 atom stereocenters. The Labute approximate surface area is 135 Å². The van der Waals surface area contributed by atoms with Gasteiger partial charge in [-0.05, 0) is 24.8 Å². The van der Waals surface area contributed by atoms with Crippen molar-refractivity contribution in [2.24, 2.45) is 0 Å². The van der Waals surface area contributed by atoms with E-state index < -0.39 is 10.0 Å². The Morgan fingerprint density at radius 3 is 2.55 bits per heavy atom. The van der Waals surface area contributed by atoms with E-state index in [1.54, 1.807) is 0 Å². The van der Waals surface area contributed by atoms with E-state index in [0.29, 0.717) is 0 Å². The standard InChI is InChI=1S/C14H20BrNO2S2/c1-10(17)18-8-12-6-5-11(7-13(12)15)14(19)16-9-20(2,3)4/h5-7H,8-9H2,1-4H3,(H,16,19). The van der Waals surface area contributed by atoms with Crippen molar-refractivity contribution >= 4 is 49.1 Å². The second kappa shape index (κ2) is 7.43. The maximum atomic E-state index is 10.8. The molecule has 0 amide bonds. The molecule has 0 aliphatic heterocycles. The van der Waals surface area contributed by atoms with E-state index in [2.05, 4.69) is 40.0 Å². The van der Waals surface area contributed by atoms with Crippen LogP contribution in [-0.2, 0) is 16.1 Å². The van der Waals surface area contributed by atoms with Crippen LogP contribution in [0.1, 0.15) is 18.1 Å². The average Bonchev–Trinajstić information content (AvgIpc) is 2.33. The molecule has 0 bridgehead atoms. The molecular formula is C14H20BrNO2S2. The van der Waals surface area contributed by atoms with Gasteiger partial charge >= 0.3 is 5.97 Å². The van der Waals surface area contributed by atoms with E-state index in [1.165, 1.54) is 6.92 Å². The Hall–Kier alpha value is -0.590. The summed E-state index contributed by atoms with van der Waals surface area (Å²) in [6.07, 6.45) is 6.71. The van der Waals surface area contributed by atoms with Gasteiger partial charge in [-0.15, -0.1) is 0 Å². The molecule has 0 aromatic heterocycles. The summed E-state index contributed by atoms with van der Waals surface area (Å²) in [6, 6.07) is 5.81. The molecule has 20 heavy (non-hydrogen) atoms. The quantitative estimate of drug-likeness (QED) is 0.629. The van der Waals surface area contributed by atoms with Crippen LogP contribution in [0, 0.1) is 0 Å². The molecule has 3 nitrogen and oxygen atoms in total. The first-order chi connectivity index (χ1) is 9.19. The van der Waals surface area contributed by atoms with E-state index in [0.717, 1.165) is 26.5 Å². The molecule has 0 aliphatic rings. The van der Waals surface area contributed by atoms with Crippen LogP contribution in [0.5, 0.6) is 0 Å². The second-order valence-corrected chi connectivity index (χ2v) is 11.1. The number of hydrogen-bond donors (Lipinski definition) is 1. The van der Waals surface area contributed by atoms with Gasteiger partial charge in [0.1, 0.15) is 11.6 Å². The van der Waals surface area contributed by atoms with Crippen molar-refractivity contribution in [3.05, 3.63) is 33.8 Å². The highest BCUT2D eigenvalue weighted by Crippen LogP contribution is 2.32. The normalized spacial score (nSPS) is 11.8. The highest BCUT2D eigenvalue weighted by atomic mass is 79.9. The van der Waals surface area contributed by atoms with Crippen LogP contribution in [0.15, 0.2) is 22.7 Å². The van der Waals surface area contributed by atoms with Gasteiger partial charge in [0.2, 0.25) is 0 Å². The lowest BCUT2D eigenvalue weighted by atomic mass is 10.1. The summed E-state index contributed by atoms with van der Waals surface area (Å²) in [7, 11) is -0.631. The van der Waals surface area contributed by atoms with E-state index in [4.69, 9.17) is 17.0 Å². The molecule has 0 spiro atoms. The Balaban J connectivity index is 2.71. The van der Waals surface area contributed by atoms with Gasteiger partial charge < -0.3 is 10.1 Å². The zero-order chi connectivity index (χ0) is 15.3. The summed E-state index contributed by atoms with van der Waals surface area (Å²) in [5.41, 5.74) is 1.88. The summed E-state index contributed by atoms with van der Waals surface area (Å²) < 4.78 is 5.88. The minimum atomic E-state index is -0.631.